The van der Waals surface area contributed by atoms with Crippen LogP contribution in [0.4, 0.5) is 0 Å². The van der Waals surface area contributed by atoms with E-state index < -0.39 is 0 Å². The second-order valence-corrected chi connectivity index (χ2v) is 5.92. The van der Waals surface area contributed by atoms with Crippen LogP contribution in [-0.2, 0) is 4.74 Å². The van der Waals surface area contributed by atoms with Crippen LogP contribution < -0.4 is 5.73 Å². The summed E-state index contributed by atoms with van der Waals surface area (Å²) in [6.45, 7) is 6.07. The third-order valence-electron chi connectivity index (χ3n) is 4.37. The Morgan fingerprint density at radius 1 is 1.35 bits per heavy atom. The van der Waals surface area contributed by atoms with Crippen molar-refractivity contribution in [2.75, 3.05) is 53.5 Å². The van der Waals surface area contributed by atoms with E-state index in [1.54, 1.807) is 0 Å². The molecular formula is C13H27N3O. The average molecular weight is 241 g/mol. The van der Waals surface area contributed by atoms with Crippen LogP contribution in [-0.4, -0.2) is 68.8 Å². The minimum absolute atomic E-state index is 0.156. The maximum atomic E-state index is 5.99. The highest BCUT2D eigenvalue weighted by molar-refractivity contribution is 4.96. The van der Waals surface area contributed by atoms with Gasteiger partial charge in [-0.1, -0.05) is 0 Å². The Hall–Kier alpha value is -0.160. The number of piperidine rings is 1. The Morgan fingerprint density at radius 3 is 2.53 bits per heavy atom. The van der Waals surface area contributed by atoms with Gasteiger partial charge in [0.1, 0.15) is 0 Å². The predicted octanol–water partition coefficient (Wildman–Crippen LogP) is 0.378. The first-order chi connectivity index (χ1) is 8.16. The second kappa shape index (κ2) is 5.65. The quantitative estimate of drug-likeness (QED) is 0.772. The molecule has 0 saturated carbocycles. The minimum Gasteiger partial charge on any atom is -0.379 e. The lowest BCUT2D eigenvalue weighted by molar-refractivity contribution is 0.0386. The molecule has 1 unspecified atom stereocenters. The smallest absolute Gasteiger partial charge is 0.0663 e. The third kappa shape index (κ3) is 2.99. The van der Waals surface area contributed by atoms with Crippen LogP contribution in [0.3, 0.4) is 0 Å². The van der Waals surface area contributed by atoms with E-state index >= 15 is 0 Å². The summed E-state index contributed by atoms with van der Waals surface area (Å²) in [6.07, 6.45) is 3.72. The third-order valence-corrected chi connectivity index (χ3v) is 4.37. The van der Waals surface area contributed by atoms with E-state index in [-0.39, 0.29) is 5.54 Å². The molecule has 0 aliphatic carbocycles. The van der Waals surface area contributed by atoms with Gasteiger partial charge in [-0.05, 0) is 52.4 Å². The molecule has 4 nitrogen and oxygen atoms in total. The molecule has 100 valence electrons. The van der Waals surface area contributed by atoms with Crippen molar-refractivity contribution in [1.82, 2.24) is 9.80 Å². The maximum Gasteiger partial charge on any atom is 0.0663 e. The van der Waals surface area contributed by atoms with E-state index in [4.69, 9.17) is 10.5 Å². The summed E-state index contributed by atoms with van der Waals surface area (Å²) in [5.74, 6) is 0.860. The summed E-state index contributed by atoms with van der Waals surface area (Å²) < 4.78 is 5.57. The average Bonchev–Trinajstić information content (AvgIpc) is 2.79. The zero-order valence-corrected chi connectivity index (χ0v) is 11.3. The van der Waals surface area contributed by atoms with Gasteiger partial charge < -0.3 is 15.4 Å². The van der Waals surface area contributed by atoms with Gasteiger partial charge in [-0.15, -0.1) is 0 Å². The fourth-order valence-corrected chi connectivity index (χ4v) is 3.24. The molecule has 0 spiro atoms. The minimum atomic E-state index is 0.156. The van der Waals surface area contributed by atoms with Crippen molar-refractivity contribution >= 4 is 0 Å². The molecule has 4 heteroatoms. The first kappa shape index (κ1) is 13.3. The monoisotopic (exact) mass is 241 g/mol. The Labute approximate surface area is 105 Å². The van der Waals surface area contributed by atoms with Gasteiger partial charge in [0.15, 0.2) is 0 Å². The summed E-state index contributed by atoms with van der Waals surface area (Å²) >= 11 is 0. The lowest BCUT2D eigenvalue weighted by Crippen LogP contribution is -2.57. The van der Waals surface area contributed by atoms with Gasteiger partial charge in [0, 0.05) is 19.7 Å². The molecule has 2 fully saturated rings. The molecule has 0 aromatic heterocycles. The summed E-state index contributed by atoms with van der Waals surface area (Å²) in [5.41, 5.74) is 6.14. The van der Waals surface area contributed by atoms with Crippen molar-refractivity contribution in [3.05, 3.63) is 0 Å². The van der Waals surface area contributed by atoms with E-state index in [0.29, 0.717) is 0 Å². The SMILES string of the molecule is CN(C)CC1CCN(C2(CN)CCOC2)CC1. The van der Waals surface area contributed by atoms with Crippen LogP contribution in [0.1, 0.15) is 19.3 Å². The van der Waals surface area contributed by atoms with Gasteiger partial charge in [-0.2, -0.15) is 0 Å². The first-order valence-corrected chi connectivity index (χ1v) is 6.84. The van der Waals surface area contributed by atoms with Gasteiger partial charge in [-0.25, -0.2) is 0 Å². The van der Waals surface area contributed by atoms with Crippen molar-refractivity contribution < 1.29 is 4.74 Å². The van der Waals surface area contributed by atoms with Crippen molar-refractivity contribution in [1.29, 1.82) is 0 Å². The van der Waals surface area contributed by atoms with Crippen LogP contribution in [0, 0.1) is 5.92 Å². The van der Waals surface area contributed by atoms with Crippen LogP contribution in [0.2, 0.25) is 0 Å². The number of nitrogens with two attached hydrogens (primary N) is 1. The van der Waals surface area contributed by atoms with Gasteiger partial charge in [0.05, 0.1) is 12.1 Å². The Balaban J connectivity index is 1.85. The summed E-state index contributed by atoms with van der Waals surface area (Å²) in [5, 5.41) is 0. The summed E-state index contributed by atoms with van der Waals surface area (Å²) in [4.78, 5) is 4.89. The highest BCUT2D eigenvalue weighted by Gasteiger charge is 2.40. The number of hydrogen-bond donors (Lipinski definition) is 1. The van der Waals surface area contributed by atoms with E-state index in [0.717, 1.165) is 32.1 Å². The fourth-order valence-electron chi connectivity index (χ4n) is 3.24. The van der Waals surface area contributed by atoms with Crippen molar-refractivity contribution in [3.63, 3.8) is 0 Å². The largest absolute Gasteiger partial charge is 0.379 e. The Kier molecular flexibility index (Phi) is 4.42. The van der Waals surface area contributed by atoms with Crippen molar-refractivity contribution in [3.8, 4) is 0 Å². The van der Waals surface area contributed by atoms with Crippen molar-refractivity contribution in [2.45, 2.75) is 24.8 Å². The number of nitrogens with zero attached hydrogens (tertiary/aromatic N) is 2. The zero-order valence-electron chi connectivity index (χ0n) is 11.3. The number of hydrogen-bond acceptors (Lipinski definition) is 4. The number of likely N-dealkylation sites (tertiary alicyclic amines) is 1. The van der Waals surface area contributed by atoms with E-state index in [9.17, 15) is 0 Å². The lowest BCUT2D eigenvalue weighted by atomic mass is 9.89. The number of ether oxygens (including phenoxy) is 1. The highest BCUT2D eigenvalue weighted by Crippen LogP contribution is 2.30. The fraction of sp³-hybridized carbons (Fsp3) is 1.00. The molecule has 2 heterocycles. The molecule has 0 aromatic rings. The molecule has 0 aromatic carbocycles. The normalized spacial score (nSPS) is 32.5. The van der Waals surface area contributed by atoms with Gasteiger partial charge in [0.2, 0.25) is 0 Å². The molecule has 0 amide bonds. The van der Waals surface area contributed by atoms with Gasteiger partial charge in [0.25, 0.3) is 0 Å². The standard InChI is InChI=1S/C13H27N3O/c1-15(2)9-12-3-6-16(7-4-12)13(10-14)5-8-17-11-13/h12H,3-11,14H2,1-2H3. The van der Waals surface area contributed by atoms with Crippen LogP contribution in [0.5, 0.6) is 0 Å². The molecule has 2 aliphatic heterocycles. The molecule has 0 radical (unpaired) electrons. The van der Waals surface area contributed by atoms with E-state index in [2.05, 4.69) is 23.9 Å². The van der Waals surface area contributed by atoms with Crippen molar-refractivity contribution in [2.24, 2.45) is 11.7 Å². The zero-order chi connectivity index (χ0) is 12.3. The van der Waals surface area contributed by atoms with Crippen LogP contribution in [0.25, 0.3) is 0 Å². The van der Waals surface area contributed by atoms with E-state index in [1.807, 2.05) is 0 Å². The molecule has 2 rings (SSSR count). The van der Waals surface area contributed by atoms with Gasteiger partial charge >= 0.3 is 0 Å². The van der Waals surface area contributed by atoms with Crippen LogP contribution >= 0.6 is 0 Å². The van der Waals surface area contributed by atoms with Gasteiger partial charge in [-0.3, -0.25) is 4.90 Å². The molecule has 1 atom stereocenters. The predicted molar refractivity (Wildman–Crippen MR) is 70.1 cm³/mol. The molecule has 2 aliphatic rings. The molecule has 17 heavy (non-hydrogen) atoms. The molecule has 2 saturated heterocycles. The second-order valence-electron chi connectivity index (χ2n) is 5.92. The first-order valence-electron chi connectivity index (χ1n) is 6.84. The molecule has 0 bridgehead atoms. The number of rotatable bonds is 4. The lowest BCUT2D eigenvalue weighted by Gasteiger charge is -2.44. The Morgan fingerprint density at radius 2 is 2.06 bits per heavy atom. The van der Waals surface area contributed by atoms with E-state index in [1.165, 1.54) is 32.5 Å². The molecule has 2 N–H and O–H groups in total. The maximum absolute atomic E-state index is 5.99. The summed E-state index contributed by atoms with van der Waals surface area (Å²) in [7, 11) is 4.33. The molecular weight excluding hydrogens is 214 g/mol. The van der Waals surface area contributed by atoms with Crippen LogP contribution in [0.15, 0.2) is 0 Å². The Bertz CT molecular complexity index is 231. The summed E-state index contributed by atoms with van der Waals surface area (Å²) in [6, 6.07) is 0. The highest BCUT2D eigenvalue weighted by atomic mass is 16.5. The topological polar surface area (TPSA) is 41.7 Å².